The third kappa shape index (κ3) is 2.22. The van der Waals surface area contributed by atoms with Crippen LogP contribution < -0.4 is 5.73 Å². The SMILES string of the molecule is N#Cc1ccccc1Cn1nc(C2CC2)c2c1CCCC2N. The van der Waals surface area contributed by atoms with Gasteiger partial charge < -0.3 is 5.73 Å². The first-order valence-corrected chi connectivity index (χ1v) is 8.11. The highest BCUT2D eigenvalue weighted by Crippen LogP contribution is 2.45. The third-order valence-corrected chi connectivity index (χ3v) is 4.85. The maximum absolute atomic E-state index is 9.28. The highest BCUT2D eigenvalue weighted by atomic mass is 15.3. The van der Waals surface area contributed by atoms with Crippen LogP contribution in [0, 0.1) is 11.3 Å². The zero-order chi connectivity index (χ0) is 15.1. The Balaban J connectivity index is 1.76. The van der Waals surface area contributed by atoms with Gasteiger partial charge in [0.1, 0.15) is 0 Å². The smallest absolute Gasteiger partial charge is 0.0995 e. The van der Waals surface area contributed by atoms with Gasteiger partial charge in [-0.3, -0.25) is 4.68 Å². The number of benzene rings is 1. The summed E-state index contributed by atoms with van der Waals surface area (Å²) in [5.41, 5.74) is 12.0. The predicted molar refractivity (Wildman–Crippen MR) is 84.3 cm³/mol. The quantitative estimate of drug-likeness (QED) is 0.945. The molecule has 0 spiro atoms. The molecule has 1 aromatic carbocycles. The normalized spacial score (nSPS) is 20.5. The molecule has 0 bridgehead atoms. The molecule has 4 rings (SSSR count). The van der Waals surface area contributed by atoms with Gasteiger partial charge in [0.15, 0.2) is 0 Å². The molecule has 0 saturated heterocycles. The van der Waals surface area contributed by atoms with E-state index in [2.05, 4.69) is 10.8 Å². The Kier molecular flexibility index (Phi) is 3.24. The number of rotatable bonds is 3. The van der Waals surface area contributed by atoms with Gasteiger partial charge in [0.05, 0.1) is 23.9 Å². The van der Waals surface area contributed by atoms with E-state index >= 15 is 0 Å². The van der Waals surface area contributed by atoms with Crippen LogP contribution in [-0.4, -0.2) is 9.78 Å². The van der Waals surface area contributed by atoms with E-state index in [1.165, 1.54) is 29.8 Å². The van der Waals surface area contributed by atoms with E-state index in [1.54, 1.807) is 0 Å². The molecule has 1 aromatic heterocycles. The Hall–Kier alpha value is -2.12. The second kappa shape index (κ2) is 5.26. The maximum Gasteiger partial charge on any atom is 0.0995 e. The van der Waals surface area contributed by atoms with Crippen molar-refractivity contribution in [2.45, 2.75) is 50.6 Å². The van der Waals surface area contributed by atoms with Crippen molar-refractivity contribution >= 4 is 0 Å². The van der Waals surface area contributed by atoms with Gasteiger partial charge in [0, 0.05) is 23.2 Å². The summed E-state index contributed by atoms with van der Waals surface area (Å²) in [6, 6.07) is 10.2. The first kappa shape index (κ1) is 13.5. The Bertz CT molecular complexity index is 749. The molecule has 4 heteroatoms. The molecule has 1 heterocycles. The Morgan fingerprint density at radius 1 is 1.27 bits per heavy atom. The molecule has 1 saturated carbocycles. The Morgan fingerprint density at radius 2 is 2.09 bits per heavy atom. The highest BCUT2D eigenvalue weighted by Gasteiger charge is 2.35. The van der Waals surface area contributed by atoms with Gasteiger partial charge in [-0.15, -0.1) is 0 Å². The van der Waals surface area contributed by atoms with Crippen LogP contribution in [-0.2, 0) is 13.0 Å². The fraction of sp³-hybridized carbons (Fsp3) is 0.444. The van der Waals surface area contributed by atoms with E-state index in [0.29, 0.717) is 12.5 Å². The lowest BCUT2D eigenvalue weighted by atomic mass is 9.90. The summed E-state index contributed by atoms with van der Waals surface area (Å²) < 4.78 is 2.11. The number of nitriles is 1. The molecule has 2 N–H and O–H groups in total. The first-order valence-electron chi connectivity index (χ1n) is 8.11. The van der Waals surface area contributed by atoms with Crippen molar-refractivity contribution in [2.75, 3.05) is 0 Å². The summed E-state index contributed by atoms with van der Waals surface area (Å²) in [5.74, 6) is 0.616. The first-order chi connectivity index (χ1) is 10.8. The minimum atomic E-state index is 0.138. The lowest BCUT2D eigenvalue weighted by molar-refractivity contribution is 0.537. The molecule has 2 aliphatic rings. The number of aromatic nitrogens is 2. The van der Waals surface area contributed by atoms with E-state index < -0.39 is 0 Å². The van der Waals surface area contributed by atoms with Crippen LogP contribution in [0.3, 0.4) is 0 Å². The minimum Gasteiger partial charge on any atom is -0.324 e. The maximum atomic E-state index is 9.28. The van der Waals surface area contributed by atoms with Crippen molar-refractivity contribution in [3.8, 4) is 6.07 Å². The number of hydrogen-bond acceptors (Lipinski definition) is 3. The van der Waals surface area contributed by atoms with Gasteiger partial charge in [-0.1, -0.05) is 18.2 Å². The summed E-state index contributed by atoms with van der Waals surface area (Å²) in [5, 5.41) is 14.2. The number of fused-ring (bicyclic) bond motifs is 1. The van der Waals surface area contributed by atoms with Crippen LogP contribution in [0.15, 0.2) is 24.3 Å². The van der Waals surface area contributed by atoms with E-state index in [1.807, 2.05) is 24.3 Å². The van der Waals surface area contributed by atoms with Crippen LogP contribution in [0.1, 0.15) is 65.7 Å². The van der Waals surface area contributed by atoms with Crippen molar-refractivity contribution in [2.24, 2.45) is 5.73 Å². The van der Waals surface area contributed by atoms with Crippen LogP contribution in [0.25, 0.3) is 0 Å². The number of nitrogens with two attached hydrogens (primary N) is 1. The van der Waals surface area contributed by atoms with Crippen molar-refractivity contribution in [1.29, 1.82) is 5.26 Å². The van der Waals surface area contributed by atoms with Crippen molar-refractivity contribution in [1.82, 2.24) is 9.78 Å². The van der Waals surface area contributed by atoms with E-state index in [-0.39, 0.29) is 6.04 Å². The molecule has 0 radical (unpaired) electrons. The van der Waals surface area contributed by atoms with Crippen molar-refractivity contribution in [3.63, 3.8) is 0 Å². The standard InChI is InChI=1S/C18H20N4/c19-10-13-4-1-2-5-14(13)11-22-16-7-3-6-15(20)17(16)18(21-22)12-8-9-12/h1-2,4-5,12,15H,3,6-9,11,20H2. The van der Waals surface area contributed by atoms with Crippen LogP contribution in [0.4, 0.5) is 0 Å². The van der Waals surface area contributed by atoms with E-state index in [9.17, 15) is 5.26 Å². The van der Waals surface area contributed by atoms with Crippen molar-refractivity contribution < 1.29 is 0 Å². The average molecular weight is 292 g/mol. The number of nitrogens with zero attached hydrogens (tertiary/aromatic N) is 3. The van der Waals surface area contributed by atoms with Crippen LogP contribution in [0.2, 0.25) is 0 Å². The van der Waals surface area contributed by atoms with Gasteiger partial charge in [0.2, 0.25) is 0 Å². The summed E-state index contributed by atoms with van der Waals surface area (Å²) in [6.45, 7) is 0.672. The Labute approximate surface area is 130 Å². The van der Waals surface area contributed by atoms with Gasteiger partial charge in [-0.05, 0) is 43.7 Å². The summed E-state index contributed by atoms with van der Waals surface area (Å²) in [4.78, 5) is 0. The lowest BCUT2D eigenvalue weighted by Crippen LogP contribution is -2.19. The van der Waals surface area contributed by atoms with Gasteiger partial charge >= 0.3 is 0 Å². The predicted octanol–water partition coefficient (Wildman–Crippen LogP) is 3.02. The molecular formula is C18H20N4. The summed E-state index contributed by atoms with van der Waals surface area (Å²) in [6.07, 6.45) is 5.73. The molecule has 4 nitrogen and oxygen atoms in total. The molecular weight excluding hydrogens is 272 g/mol. The van der Waals surface area contributed by atoms with E-state index in [4.69, 9.17) is 10.8 Å². The molecule has 2 aliphatic carbocycles. The second-order valence-electron chi connectivity index (χ2n) is 6.45. The van der Waals surface area contributed by atoms with Crippen molar-refractivity contribution in [3.05, 3.63) is 52.3 Å². The van der Waals surface area contributed by atoms with Crippen LogP contribution in [0.5, 0.6) is 0 Å². The lowest BCUT2D eigenvalue weighted by Gasteiger charge is -2.20. The molecule has 1 fully saturated rings. The van der Waals surface area contributed by atoms with Gasteiger partial charge in [-0.25, -0.2) is 0 Å². The summed E-state index contributed by atoms with van der Waals surface area (Å²) >= 11 is 0. The molecule has 1 atom stereocenters. The minimum absolute atomic E-state index is 0.138. The van der Waals surface area contributed by atoms with Crippen LogP contribution >= 0.6 is 0 Å². The molecule has 0 amide bonds. The Morgan fingerprint density at radius 3 is 2.86 bits per heavy atom. The number of hydrogen-bond donors (Lipinski definition) is 1. The largest absolute Gasteiger partial charge is 0.324 e. The summed E-state index contributed by atoms with van der Waals surface area (Å²) in [7, 11) is 0. The van der Waals surface area contributed by atoms with Gasteiger partial charge in [-0.2, -0.15) is 10.4 Å². The average Bonchev–Trinajstić information content (AvgIpc) is 3.32. The molecule has 2 aromatic rings. The fourth-order valence-electron chi connectivity index (χ4n) is 3.55. The molecule has 112 valence electrons. The molecule has 0 aliphatic heterocycles. The van der Waals surface area contributed by atoms with Gasteiger partial charge in [0.25, 0.3) is 0 Å². The third-order valence-electron chi connectivity index (χ3n) is 4.85. The molecule has 1 unspecified atom stereocenters. The second-order valence-corrected chi connectivity index (χ2v) is 6.45. The highest BCUT2D eigenvalue weighted by molar-refractivity contribution is 5.40. The zero-order valence-electron chi connectivity index (χ0n) is 12.6. The molecule has 22 heavy (non-hydrogen) atoms. The zero-order valence-corrected chi connectivity index (χ0v) is 12.6. The van der Waals surface area contributed by atoms with E-state index in [0.717, 1.165) is 30.4 Å². The monoisotopic (exact) mass is 292 g/mol. The topological polar surface area (TPSA) is 67.6 Å². The fourth-order valence-corrected chi connectivity index (χ4v) is 3.55.